The fourth-order valence-corrected chi connectivity index (χ4v) is 4.82. The highest BCUT2D eigenvalue weighted by molar-refractivity contribution is 7.93. The molecule has 0 amide bonds. The Morgan fingerprint density at radius 3 is 2.67 bits per heavy atom. The van der Waals surface area contributed by atoms with Crippen molar-refractivity contribution in [3.63, 3.8) is 0 Å². The highest BCUT2D eigenvalue weighted by atomic mass is 35.5. The third-order valence-electron chi connectivity index (χ3n) is 3.54. The van der Waals surface area contributed by atoms with Crippen molar-refractivity contribution in [1.29, 1.82) is 0 Å². The maximum atomic E-state index is 12.5. The Labute approximate surface area is 133 Å². The van der Waals surface area contributed by atoms with E-state index >= 15 is 0 Å². The molecule has 21 heavy (non-hydrogen) atoms. The summed E-state index contributed by atoms with van der Waals surface area (Å²) in [5.41, 5.74) is 0.247. The van der Waals surface area contributed by atoms with Crippen molar-refractivity contribution < 1.29 is 17.9 Å². The molecule has 2 atom stereocenters. The van der Waals surface area contributed by atoms with Gasteiger partial charge in [0.1, 0.15) is 0 Å². The molecule has 1 aliphatic rings. The molecule has 2 unspecified atom stereocenters. The van der Waals surface area contributed by atoms with Crippen molar-refractivity contribution in [1.82, 2.24) is 0 Å². The number of ether oxygens (including phenoxy) is 1. The maximum Gasteiger partial charge on any atom is 0.310 e. The molecule has 0 aliphatic heterocycles. The number of carbonyl (C=O) groups is 1. The van der Waals surface area contributed by atoms with Crippen LogP contribution in [-0.2, 0) is 19.6 Å². The molecule has 0 radical (unpaired) electrons. The van der Waals surface area contributed by atoms with Gasteiger partial charge in [-0.15, -0.1) is 0 Å². The Morgan fingerprint density at radius 1 is 1.33 bits per heavy atom. The van der Waals surface area contributed by atoms with E-state index < -0.39 is 27.2 Å². The largest absolute Gasteiger partial charge is 0.469 e. The predicted octanol–water partition coefficient (Wildman–Crippen LogP) is 3.08. The fourth-order valence-electron chi connectivity index (χ4n) is 2.52. The molecule has 1 fully saturated rings. The normalized spacial score (nSPS) is 22.0. The van der Waals surface area contributed by atoms with Crippen LogP contribution in [0.4, 0.5) is 5.69 Å². The fraction of sp³-hybridized carbons (Fsp3) is 0.462. The second-order valence-electron chi connectivity index (χ2n) is 4.87. The van der Waals surface area contributed by atoms with Crippen LogP contribution in [0.15, 0.2) is 18.2 Å². The van der Waals surface area contributed by atoms with Crippen LogP contribution in [0.2, 0.25) is 10.0 Å². The number of esters is 1. The van der Waals surface area contributed by atoms with Crippen LogP contribution in [0.1, 0.15) is 19.3 Å². The number of hydrogen-bond donors (Lipinski definition) is 1. The van der Waals surface area contributed by atoms with E-state index in [1.165, 1.54) is 25.3 Å². The first-order valence-electron chi connectivity index (χ1n) is 6.39. The third-order valence-corrected chi connectivity index (χ3v) is 5.95. The van der Waals surface area contributed by atoms with Crippen molar-refractivity contribution in [2.75, 3.05) is 11.8 Å². The number of rotatable bonds is 4. The van der Waals surface area contributed by atoms with E-state index in [4.69, 9.17) is 23.2 Å². The van der Waals surface area contributed by atoms with E-state index in [1.54, 1.807) is 0 Å². The average molecular weight is 352 g/mol. The van der Waals surface area contributed by atoms with Crippen LogP contribution in [0.3, 0.4) is 0 Å². The number of nitrogens with one attached hydrogen (secondary N) is 1. The smallest absolute Gasteiger partial charge is 0.310 e. The maximum absolute atomic E-state index is 12.5. The van der Waals surface area contributed by atoms with Crippen LogP contribution < -0.4 is 4.72 Å². The minimum atomic E-state index is -3.73. The zero-order valence-corrected chi connectivity index (χ0v) is 13.6. The monoisotopic (exact) mass is 351 g/mol. The molecule has 1 aromatic rings. The SMILES string of the molecule is COC(=O)C1CCCC1S(=O)(=O)Nc1ccc(Cl)cc1Cl. The van der Waals surface area contributed by atoms with E-state index in [0.717, 1.165) is 0 Å². The van der Waals surface area contributed by atoms with Crippen molar-refractivity contribution in [3.8, 4) is 0 Å². The predicted molar refractivity (Wildman–Crippen MR) is 82.1 cm³/mol. The second-order valence-corrected chi connectivity index (χ2v) is 7.61. The summed E-state index contributed by atoms with van der Waals surface area (Å²) in [6.07, 6.45) is 1.59. The third kappa shape index (κ3) is 3.62. The number of anilines is 1. The molecule has 5 nitrogen and oxygen atoms in total. The van der Waals surface area contributed by atoms with Crippen LogP contribution >= 0.6 is 23.2 Å². The molecule has 1 saturated carbocycles. The molecule has 1 aliphatic carbocycles. The van der Waals surface area contributed by atoms with Crippen LogP contribution in [0.5, 0.6) is 0 Å². The van der Waals surface area contributed by atoms with Crippen molar-refractivity contribution in [2.45, 2.75) is 24.5 Å². The van der Waals surface area contributed by atoms with Crippen molar-refractivity contribution in [2.24, 2.45) is 5.92 Å². The van der Waals surface area contributed by atoms with Gasteiger partial charge >= 0.3 is 5.97 Å². The molecular weight excluding hydrogens is 337 g/mol. The van der Waals surface area contributed by atoms with Gasteiger partial charge in [-0.25, -0.2) is 8.42 Å². The summed E-state index contributed by atoms with van der Waals surface area (Å²) in [5, 5.41) is -0.188. The summed E-state index contributed by atoms with van der Waals surface area (Å²) < 4.78 is 32.0. The van der Waals surface area contributed by atoms with Gasteiger partial charge in [-0.05, 0) is 31.0 Å². The molecule has 0 bridgehead atoms. The van der Waals surface area contributed by atoms with Crippen LogP contribution in [0.25, 0.3) is 0 Å². The average Bonchev–Trinajstić information content (AvgIpc) is 2.91. The van der Waals surface area contributed by atoms with Crippen LogP contribution in [0, 0.1) is 5.92 Å². The number of methoxy groups -OCH3 is 1. The summed E-state index contributed by atoms with van der Waals surface area (Å²) in [5.74, 6) is -1.14. The first-order chi connectivity index (χ1) is 9.85. The molecule has 0 heterocycles. The highest BCUT2D eigenvalue weighted by Gasteiger charge is 2.42. The van der Waals surface area contributed by atoms with Crippen molar-refractivity contribution >= 4 is 44.9 Å². The molecule has 1 aromatic carbocycles. The summed E-state index contributed by atoms with van der Waals surface area (Å²) in [6.45, 7) is 0. The highest BCUT2D eigenvalue weighted by Crippen LogP contribution is 2.34. The lowest BCUT2D eigenvalue weighted by Crippen LogP contribution is -2.35. The number of benzene rings is 1. The lowest BCUT2D eigenvalue weighted by molar-refractivity contribution is -0.145. The lowest BCUT2D eigenvalue weighted by atomic mass is 10.1. The van der Waals surface area contributed by atoms with Gasteiger partial charge in [0.05, 0.1) is 29.0 Å². The van der Waals surface area contributed by atoms with E-state index in [2.05, 4.69) is 9.46 Å². The Kier molecular flexibility index (Phi) is 5.01. The van der Waals surface area contributed by atoms with Gasteiger partial charge in [-0.3, -0.25) is 9.52 Å². The topological polar surface area (TPSA) is 72.5 Å². The number of carbonyl (C=O) groups excluding carboxylic acids is 1. The standard InChI is InChI=1S/C13H15Cl2NO4S/c1-20-13(17)9-3-2-4-12(9)21(18,19)16-11-6-5-8(14)7-10(11)15/h5-7,9,12,16H,2-4H2,1H3. The van der Waals surface area contributed by atoms with Gasteiger partial charge in [-0.2, -0.15) is 0 Å². The summed E-state index contributed by atoms with van der Waals surface area (Å²) in [7, 11) is -2.47. The Morgan fingerprint density at radius 2 is 2.05 bits per heavy atom. The minimum absolute atomic E-state index is 0.207. The van der Waals surface area contributed by atoms with E-state index in [0.29, 0.717) is 24.3 Å². The van der Waals surface area contributed by atoms with Gasteiger partial charge < -0.3 is 4.74 Å². The molecule has 0 aromatic heterocycles. The van der Waals surface area contributed by atoms with Gasteiger partial charge in [0, 0.05) is 5.02 Å². The number of hydrogen-bond acceptors (Lipinski definition) is 4. The summed E-state index contributed by atoms with van der Waals surface area (Å²) >= 11 is 11.7. The Balaban J connectivity index is 2.23. The van der Waals surface area contributed by atoms with Crippen molar-refractivity contribution in [3.05, 3.63) is 28.2 Å². The zero-order chi connectivity index (χ0) is 15.6. The number of sulfonamides is 1. The van der Waals surface area contributed by atoms with Gasteiger partial charge in [0.2, 0.25) is 10.0 Å². The molecule has 1 N–H and O–H groups in total. The van der Waals surface area contributed by atoms with E-state index in [9.17, 15) is 13.2 Å². The van der Waals surface area contributed by atoms with E-state index in [-0.39, 0.29) is 10.7 Å². The Hall–Kier alpha value is -0.980. The first kappa shape index (κ1) is 16.4. The first-order valence-corrected chi connectivity index (χ1v) is 8.70. The molecule has 2 rings (SSSR count). The zero-order valence-electron chi connectivity index (χ0n) is 11.3. The molecule has 0 saturated heterocycles. The van der Waals surface area contributed by atoms with Gasteiger partial charge in [0.15, 0.2) is 0 Å². The molecular formula is C13H15Cl2NO4S. The summed E-state index contributed by atoms with van der Waals surface area (Å²) in [6, 6.07) is 4.48. The second kappa shape index (κ2) is 6.42. The summed E-state index contributed by atoms with van der Waals surface area (Å²) in [4.78, 5) is 11.7. The van der Waals surface area contributed by atoms with E-state index in [1.807, 2.05) is 0 Å². The number of halogens is 2. The quantitative estimate of drug-likeness (QED) is 0.846. The lowest BCUT2D eigenvalue weighted by Gasteiger charge is -2.19. The Bertz CT molecular complexity index is 648. The van der Waals surface area contributed by atoms with Gasteiger partial charge in [0.25, 0.3) is 0 Å². The minimum Gasteiger partial charge on any atom is -0.469 e. The van der Waals surface area contributed by atoms with Crippen LogP contribution in [-0.4, -0.2) is 26.7 Å². The molecule has 0 spiro atoms. The van der Waals surface area contributed by atoms with Gasteiger partial charge in [-0.1, -0.05) is 29.6 Å². The molecule has 116 valence electrons. The molecule has 8 heteroatoms.